The Balaban J connectivity index is 1.75. The molecule has 0 unspecified atom stereocenters. The van der Waals surface area contributed by atoms with E-state index in [4.69, 9.17) is 0 Å². The van der Waals surface area contributed by atoms with Gasteiger partial charge in [-0.2, -0.15) is 5.10 Å². The van der Waals surface area contributed by atoms with E-state index in [1.807, 2.05) is 42.6 Å². The summed E-state index contributed by atoms with van der Waals surface area (Å²) in [5, 5.41) is 13.6. The number of anilines is 2. The quantitative estimate of drug-likeness (QED) is 0.598. The van der Waals surface area contributed by atoms with Crippen LogP contribution in [0, 0.1) is 5.82 Å². The molecule has 0 spiro atoms. The largest absolute Gasteiger partial charge is 0.336 e. The Morgan fingerprint density at radius 3 is 2.44 bits per heavy atom. The molecule has 4 nitrogen and oxygen atoms in total. The predicted octanol–water partition coefficient (Wildman–Crippen LogP) is 4.50. The first kappa shape index (κ1) is 15.2. The molecule has 0 saturated carbocycles. The average Bonchev–Trinajstić information content (AvgIpc) is 2.66. The van der Waals surface area contributed by atoms with Crippen LogP contribution >= 0.6 is 0 Å². The van der Waals surface area contributed by atoms with Crippen molar-refractivity contribution in [1.82, 2.24) is 15.2 Å². The SMILES string of the molecule is Fc1ccccc1Nc1nnc(Cc2cccnc2)c2ccccc12. The van der Waals surface area contributed by atoms with Crippen LogP contribution in [0.1, 0.15) is 11.3 Å². The van der Waals surface area contributed by atoms with Gasteiger partial charge < -0.3 is 5.32 Å². The molecule has 0 saturated heterocycles. The number of fused-ring (bicyclic) bond motifs is 1. The van der Waals surface area contributed by atoms with Gasteiger partial charge in [-0.15, -0.1) is 5.10 Å². The Morgan fingerprint density at radius 2 is 1.64 bits per heavy atom. The van der Waals surface area contributed by atoms with Crippen LogP contribution < -0.4 is 5.32 Å². The van der Waals surface area contributed by atoms with E-state index in [1.165, 1.54) is 6.07 Å². The fourth-order valence-electron chi connectivity index (χ4n) is 2.77. The molecular formula is C20H15FN4. The summed E-state index contributed by atoms with van der Waals surface area (Å²) in [5.74, 6) is 0.212. The predicted molar refractivity (Wildman–Crippen MR) is 96.3 cm³/mol. The lowest BCUT2D eigenvalue weighted by Gasteiger charge is -2.11. The number of aromatic nitrogens is 3. The summed E-state index contributed by atoms with van der Waals surface area (Å²) in [7, 11) is 0. The first-order valence-electron chi connectivity index (χ1n) is 7.96. The molecule has 4 rings (SSSR count). The molecule has 122 valence electrons. The smallest absolute Gasteiger partial charge is 0.161 e. The van der Waals surface area contributed by atoms with E-state index in [9.17, 15) is 4.39 Å². The molecule has 0 fully saturated rings. The maximum Gasteiger partial charge on any atom is 0.161 e. The van der Waals surface area contributed by atoms with Crippen molar-refractivity contribution < 1.29 is 4.39 Å². The van der Waals surface area contributed by atoms with E-state index in [-0.39, 0.29) is 5.82 Å². The van der Waals surface area contributed by atoms with Crippen LogP contribution in [0.5, 0.6) is 0 Å². The first-order chi connectivity index (χ1) is 12.3. The van der Waals surface area contributed by atoms with Gasteiger partial charge >= 0.3 is 0 Å². The summed E-state index contributed by atoms with van der Waals surface area (Å²) in [6.07, 6.45) is 4.21. The Labute approximate surface area is 144 Å². The fourth-order valence-corrected chi connectivity index (χ4v) is 2.77. The standard InChI is InChI=1S/C20H15FN4/c21-17-9-3-4-10-18(17)23-20-16-8-2-1-7-15(16)19(24-25-20)12-14-6-5-11-22-13-14/h1-11,13H,12H2,(H,23,25). The maximum atomic E-state index is 13.9. The minimum atomic E-state index is -0.326. The van der Waals surface area contributed by atoms with Crippen molar-refractivity contribution >= 4 is 22.3 Å². The van der Waals surface area contributed by atoms with Crippen molar-refractivity contribution in [3.8, 4) is 0 Å². The molecule has 0 aliphatic carbocycles. The lowest BCUT2D eigenvalue weighted by Crippen LogP contribution is -2.03. The van der Waals surface area contributed by atoms with Gasteiger partial charge in [-0.1, -0.05) is 42.5 Å². The summed E-state index contributed by atoms with van der Waals surface area (Å²) in [5.41, 5.74) is 2.31. The number of pyridine rings is 1. The van der Waals surface area contributed by atoms with Gasteiger partial charge in [0.1, 0.15) is 5.82 Å². The normalized spacial score (nSPS) is 10.8. The molecule has 0 aliphatic heterocycles. The zero-order valence-corrected chi connectivity index (χ0v) is 13.4. The molecule has 0 atom stereocenters. The zero-order valence-electron chi connectivity index (χ0n) is 13.4. The highest BCUT2D eigenvalue weighted by Gasteiger charge is 2.11. The lowest BCUT2D eigenvalue weighted by molar-refractivity contribution is 0.632. The molecule has 2 aromatic heterocycles. The Hall–Kier alpha value is -3.34. The number of hydrogen-bond acceptors (Lipinski definition) is 4. The van der Waals surface area contributed by atoms with Crippen LogP contribution in [0.4, 0.5) is 15.9 Å². The van der Waals surface area contributed by atoms with Crippen LogP contribution in [0.25, 0.3) is 10.8 Å². The number of hydrogen-bond donors (Lipinski definition) is 1. The highest BCUT2D eigenvalue weighted by molar-refractivity contribution is 5.94. The van der Waals surface area contributed by atoms with E-state index < -0.39 is 0 Å². The van der Waals surface area contributed by atoms with Gasteiger partial charge in [0.25, 0.3) is 0 Å². The number of nitrogens with zero attached hydrogens (tertiary/aromatic N) is 3. The number of halogens is 1. The molecule has 0 radical (unpaired) electrons. The van der Waals surface area contributed by atoms with E-state index >= 15 is 0 Å². The van der Waals surface area contributed by atoms with Crippen LogP contribution in [0.3, 0.4) is 0 Å². The third kappa shape index (κ3) is 3.17. The maximum absolute atomic E-state index is 13.9. The summed E-state index contributed by atoms with van der Waals surface area (Å²) in [6, 6.07) is 18.3. The minimum absolute atomic E-state index is 0.326. The highest BCUT2D eigenvalue weighted by Crippen LogP contribution is 2.27. The second kappa shape index (κ2) is 6.65. The summed E-state index contributed by atoms with van der Waals surface area (Å²) >= 11 is 0. The number of para-hydroxylation sites is 1. The van der Waals surface area contributed by atoms with Crippen LogP contribution in [-0.2, 0) is 6.42 Å². The van der Waals surface area contributed by atoms with Crippen molar-refractivity contribution in [3.63, 3.8) is 0 Å². The van der Waals surface area contributed by atoms with Crippen molar-refractivity contribution in [1.29, 1.82) is 0 Å². The molecule has 1 N–H and O–H groups in total. The van der Waals surface area contributed by atoms with Gasteiger partial charge in [0, 0.05) is 29.6 Å². The molecule has 2 heterocycles. The van der Waals surface area contributed by atoms with E-state index in [1.54, 1.807) is 24.4 Å². The lowest BCUT2D eigenvalue weighted by atomic mass is 10.1. The number of nitrogens with one attached hydrogen (secondary N) is 1. The van der Waals surface area contributed by atoms with Crippen LogP contribution in [0.2, 0.25) is 0 Å². The van der Waals surface area contributed by atoms with E-state index in [0.29, 0.717) is 17.9 Å². The molecule has 2 aromatic carbocycles. The van der Waals surface area contributed by atoms with Crippen molar-refractivity contribution in [2.75, 3.05) is 5.32 Å². The third-order valence-corrected chi connectivity index (χ3v) is 3.99. The molecule has 25 heavy (non-hydrogen) atoms. The highest BCUT2D eigenvalue weighted by atomic mass is 19.1. The van der Waals surface area contributed by atoms with Gasteiger partial charge in [-0.25, -0.2) is 4.39 Å². The van der Waals surface area contributed by atoms with Crippen molar-refractivity contribution in [2.24, 2.45) is 0 Å². The van der Waals surface area contributed by atoms with Crippen molar-refractivity contribution in [3.05, 3.63) is 90.1 Å². The fraction of sp³-hybridized carbons (Fsp3) is 0.0500. The monoisotopic (exact) mass is 330 g/mol. The van der Waals surface area contributed by atoms with Crippen LogP contribution in [0.15, 0.2) is 73.1 Å². The average molecular weight is 330 g/mol. The molecule has 0 aliphatic rings. The number of benzene rings is 2. The Morgan fingerprint density at radius 1 is 0.840 bits per heavy atom. The zero-order chi connectivity index (χ0) is 17.1. The first-order valence-corrected chi connectivity index (χ1v) is 7.96. The Kier molecular flexibility index (Phi) is 4.04. The summed E-state index contributed by atoms with van der Waals surface area (Å²) in [6.45, 7) is 0. The topological polar surface area (TPSA) is 50.7 Å². The van der Waals surface area contributed by atoms with E-state index in [2.05, 4.69) is 20.5 Å². The molecule has 4 aromatic rings. The van der Waals surface area contributed by atoms with Gasteiger partial charge in [-0.3, -0.25) is 4.98 Å². The second-order valence-electron chi connectivity index (χ2n) is 5.68. The Bertz CT molecular complexity index is 1020. The van der Waals surface area contributed by atoms with Crippen LogP contribution in [-0.4, -0.2) is 15.2 Å². The summed E-state index contributed by atoms with van der Waals surface area (Å²) in [4.78, 5) is 4.14. The minimum Gasteiger partial charge on any atom is -0.336 e. The van der Waals surface area contributed by atoms with Gasteiger partial charge in [0.2, 0.25) is 0 Å². The molecule has 0 bridgehead atoms. The molecule has 0 amide bonds. The van der Waals surface area contributed by atoms with Gasteiger partial charge in [0.05, 0.1) is 11.4 Å². The van der Waals surface area contributed by atoms with Gasteiger partial charge in [-0.05, 0) is 23.8 Å². The molecular weight excluding hydrogens is 315 g/mol. The third-order valence-electron chi connectivity index (χ3n) is 3.99. The second-order valence-corrected chi connectivity index (χ2v) is 5.68. The number of rotatable bonds is 4. The molecule has 5 heteroatoms. The summed E-state index contributed by atoms with van der Waals surface area (Å²) < 4.78 is 13.9. The van der Waals surface area contributed by atoms with Gasteiger partial charge in [0.15, 0.2) is 5.82 Å². The van der Waals surface area contributed by atoms with E-state index in [0.717, 1.165) is 22.0 Å². The van der Waals surface area contributed by atoms with Crippen molar-refractivity contribution in [2.45, 2.75) is 6.42 Å².